The molecule has 0 aliphatic rings. The molecule has 0 amide bonds. The van der Waals surface area contributed by atoms with Crippen molar-refractivity contribution in [3.8, 4) is 0 Å². The Labute approximate surface area is 107 Å². The maximum absolute atomic E-state index is 13.1. The second kappa shape index (κ2) is 4.60. The van der Waals surface area contributed by atoms with Crippen LogP contribution in [-0.4, -0.2) is 22.2 Å². The summed E-state index contributed by atoms with van der Waals surface area (Å²) in [7, 11) is 0. The van der Waals surface area contributed by atoms with Gasteiger partial charge in [0.25, 0.3) is 0 Å². The van der Waals surface area contributed by atoms with Crippen LogP contribution in [0.25, 0.3) is 10.9 Å². The van der Waals surface area contributed by atoms with E-state index in [9.17, 15) is 18.0 Å². The summed E-state index contributed by atoms with van der Waals surface area (Å²) in [6.45, 7) is 1.07. The predicted octanol–water partition coefficient (Wildman–Crippen LogP) is 3.53. The minimum atomic E-state index is -4.61. The van der Waals surface area contributed by atoms with Gasteiger partial charge in [0.15, 0.2) is 0 Å². The van der Waals surface area contributed by atoms with Crippen LogP contribution < -0.4 is 0 Å². The van der Waals surface area contributed by atoms with Crippen LogP contribution in [0, 0.1) is 5.92 Å². The molecule has 1 aromatic heterocycles. The van der Waals surface area contributed by atoms with Crippen LogP contribution in [0.4, 0.5) is 13.2 Å². The van der Waals surface area contributed by atoms with Gasteiger partial charge >= 0.3 is 12.1 Å². The van der Waals surface area contributed by atoms with E-state index in [1.54, 1.807) is 24.3 Å². The van der Waals surface area contributed by atoms with Gasteiger partial charge in [-0.25, -0.2) is 0 Å². The lowest BCUT2D eigenvalue weighted by Crippen LogP contribution is -2.31. The number of hydrogen-bond donors (Lipinski definition) is 2. The van der Waals surface area contributed by atoms with Gasteiger partial charge in [-0.1, -0.05) is 25.1 Å². The highest BCUT2D eigenvalue weighted by atomic mass is 19.4. The van der Waals surface area contributed by atoms with Gasteiger partial charge in [0, 0.05) is 17.1 Å². The fourth-order valence-electron chi connectivity index (χ4n) is 2.22. The first-order valence-electron chi connectivity index (χ1n) is 5.68. The maximum Gasteiger partial charge on any atom is 0.396 e. The molecule has 0 aliphatic heterocycles. The van der Waals surface area contributed by atoms with Crippen LogP contribution in [0.5, 0.6) is 0 Å². The van der Waals surface area contributed by atoms with Gasteiger partial charge in [0.1, 0.15) is 0 Å². The van der Waals surface area contributed by atoms with E-state index in [1.807, 2.05) is 0 Å². The number of alkyl halides is 3. The lowest BCUT2D eigenvalue weighted by molar-refractivity contribution is -0.173. The lowest BCUT2D eigenvalue weighted by Gasteiger charge is -2.23. The number of carboxylic acids is 1. The standard InChI is InChI=1S/C13H12F3NO2/c1-7(12(18)19)11(13(14,15)16)9-6-17-10-5-3-2-4-8(9)10/h2-7,11,17H,1H3,(H,18,19)/t7-,11+/m1/s1. The number of H-pyrrole nitrogens is 1. The Morgan fingerprint density at radius 3 is 2.53 bits per heavy atom. The third-order valence-corrected chi connectivity index (χ3v) is 3.20. The average molecular weight is 271 g/mol. The molecular formula is C13H12F3NO2. The molecule has 6 heteroatoms. The number of rotatable bonds is 3. The second-order valence-corrected chi connectivity index (χ2v) is 4.44. The first kappa shape index (κ1) is 13.5. The number of hydrogen-bond acceptors (Lipinski definition) is 1. The zero-order chi connectivity index (χ0) is 14.2. The number of aromatic nitrogens is 1. The van der Waals surface area contributed by atoms with Crippen molar-refractivity contribution in [2.24, 2.45) is 5.92 Å². The summed E-state index contributed by atoms with van der Waals surface area (Å²) < 4.78 is 39.4. The minimum Gasteiger partial charge on any atom is -0.481 e. The normalized spacial score (nSPS) is 15.4. The van der Waals surface area contributed by atoms with Crippen molar-refractivity contribution in [2.45, 2.75) is 19.0 Å². The van der Waals surface area contributed by atoms with E-state index >= 15 is 0 Å². The average Bonchev–Trinajstić information content (AvgIpc) is 2.71. The highest BCUT2D eigenvalue weighted by Gasteiger charge is 2.47. The Balaban J connectivity index is 2.58. The summed E-state index contributed by atoms with van der Waals surface area (Å²) in [6, 6.07) is 6.52. The highest BCUT2D eigenvalue weighted by Crippen LogP contribution is 2.43. The first-order valence-corrected chi connectivity index (χ1v) is 5.68. The predicted molar refractivity (Wildman–Crippen MR) is 63.9 cm³/mol. The third kappa shape index (κ3) is 2.43. The smallest absolute Gasteiger partial charge is 0.396 e. The molecule has 3 nitrogen and oxygen atoms in total. The zero-order valence-corrected chi connectivity index (χ0v) is 10.0. The molecule has 0 saturated heterocycles. The quantitative estimate of drug-likeness (QED) is 0.897. The molecule has 0 saturated carbocycles. The molecule has 0 bridgehead atoms. The summed E-state index contributed by atoms with van der Waals surface area (Å²) in [6.07, 6.45) is -3.37. The van der Waals surface area contributed by atoms with Gasteiger partial charge in [-0.2, -0.15) is 13.2 Å². The monoisotopic (exact) mass is 271 g/mol. The fraction of sp³-hybridized carbons (Fsp3) is 0.308. The number of halogens is 3. The van der Waals surface area contributed by atoms with E-state index in [-0.39, 0.29) is 5.56 Å². The van der Waals surface area contributed by atoms with Crippen LogP contribution in [-0.2, 0) is 4.79 Å². The van der Waals surface area contributed by atoms with E-state index < -0.39 is 24.0 Å². The van der Waals surface area contributed by atoms with E-state index in [0.717, 1.165) is 6.92 Å². The van der Waals surface area contributed by atoms with E-state index in [2.05, 4.69) is 4.98 Å². The Bertz CT molecular complexity index is 603. The Kier molecular flexibility index (Phi) is 3.26. The zero-order valence-electron chi connectivity index (χ0n) is 10.0. The van der Waals surface area contributed by atoms with Crippen LogP contribution in [0.1, 0.15) is 18.4 Å². The van der Waals surface area contributed by atoms with Crippen LogP contribution >= 0.6 is 0 Å². The van der Waals surface area contributed by atoms with E-state index in [1.165, 1.54) is 6.20 Å². The van der Waals surface area contributed by atoms with Crippen molar-refractivity contribution >= 4 is 16.9 Å². The van der Waals surface area contributed by atoms with Crippen LogP contribution in [0.15, 0.2) is 30.5 Å². The largest absolute Gasteiger partial charge is 0.481 e. The van der Waals surface area contributed by atoms with Crippen LogP contribution in [0.3, 0.4) is 0 Å². The molecule has 0 radical (unpaired) electrons. The molecule has 2 rings (SSSR count). The number of carbonyl (C=O) groups is 1. The molecule has 1 aromatic carbocycles. The molecule has 0 unspecified atom stereocenters. The SMILES string of the molecule is C[C@@H](C(=O)O)[C@@H](c1c[nH]c2ccccc12)C(F)(F)F. The Hall–Kier alpha value is -1.98. The molecule has 2 aromatic rings. The van der Waals surface area contributed by atoms with Gasteiger partial charge in [-0.15, -0.1) is 0 Å². The molecular weight excluding hydrogens is 259 g/mol. The van der Waals surface area contributed by atoms with E-state index in [0.29, 0.717) is 10.9 Å². The van der Waals surface area contributed by atoms with Gasteiger partial charge in [0.2, 0.25) is 0 Å². The highest BCUT2D eigenvalue weighted by molar-refractivity contribution is 5.84. The van der Waals surface area contributed by atoms with Crippen molar-refractivity contribution in [1.82, 2.24) is 4.98 Å². The number of para-hydroxylation sites is 1. The molecule has 0 spiro atoms. The molecule has 0 fully saturated rings. The van der Waals surface area contributed by atoms with Gasteiger partial charge in [-0.05, 0) is 11.6 Å². The number of nitrogens with one attached hydrogen (secondary N) is 1. The fourth-order valence-corrected chi connectivity index (χ4v) is 2.22. The number of benzene rings is 1. The molecule has 102 valence electrons. The molecule has 2 atom stereocenters. The minimum absolute atomic E-state index is 0.0296. The summed E-state index contributed by atoms with van der Waals surface area (Å²) in [5.41, 5.74) is 0.530. The number of aliphatic carboxylic acids is 1. The topological polar surface area (TPSA) is 53.1 Å². The third-order valence-electron chi connectivity index (χ3n) is 3.20. The van der Waals surface area contributed by atoms with Gasteiger partial charge in [0.05, 0.1) is 11.8 Å². The van der Waals surface area contributed by atoms with Gasteiger partial charge in [-0.3, -0.25) is 4.79 Å². The van der Waals surface area contributed by atoms with Crippen molar-refractivity contribution < 1.29 is 23.1 Å². The summed E-state index contributed by atoms with van der Waals surface area (Å²) in [5, 5.41) is 9.28. The van der Waals surface area contributed by atoms with Gasteiger partial charge < -0.3 is 10.1 Å². The van der Waals surface area contributed by atoms with Crippen LogP contribution in [0.2, 0.25) is 0 Å². The maximum atomic E-state index is 13.1. The lowest BCUT2D eigenvalue weighted by atomic mass is 9.86. The summed E-state index contributed by atoms with van der Waals surface area (Å²) in [4.78, 5) is 13.7. The van der Waals surface area contributed by atoms with E-state index in [4.69, 9.17) is 5.11 Å². The first-order chi connectivity index (χ1) is 8.82. The molecule has 19 heavy (non-hydrogen) atoms. The Morgan fingerprint density at radius 2 is 1.95 bits per heavy atom. The van der Waals surface area contributed by atoms with Crippen molar-refractivity contribution in [2.75, 3.05) is 0 Å². The number of aromatic amines is 1. The van der Waals surface area contributed by atoms with Crippen molar-refractivity contribution in [3.05, 3.63) is 36.0 Å². The van der Waals surface area contributed by atoms with Crippen molar-refractivity contribution in [1.29, 1.82) is 0 Å². The second-order valence-electron chi connectivity index (χ2n) is 4.44. The summed E-state index contributed by atoms with van der Waals surface area (Å²) in [5.74, 6) is -5.03. The molecule has 2 N–H and O–H groups in total. The summed E-state index contributed by atoms with van der Waals surface area (Å²) >= 11 is 0. The number of carboxylic acid groups (broad SMARTS) is 1. The van der Waals surface area contributed by atoms with Crippen molar-refractivity contribution in [3.63, 3.8) is 0 Å². The Morgan fingerprint density at radius 1 is 1.32 bits per heavy atom. The molecule has 0 aliphatic carbocycles. The molecule has 1 heterocycles. The number of fused-ring (bicyclic) bond motifs is 1.